The van der Waals surface area contributed by atoms with Crippen molar-refractivity contribution in [3.05, 3.63) is 59.0 Å². The smallest absolute Gasteiger partial charge is 0.167 e. The first kappa shape index (κ1) is 13.7. The molecular weight excluding hydrogens is 292 g/mol. The molecule has 1 aromatic rings. The average Bonchev–Trinajstić information content (AvgIpc) is 3.17. The molecule has 3 nitrogen and oxygen atoms in total. The van der Waals surface area contributed by atoms with E-state index in [1.807, 2.05) is 36.0 Å². The summed E-state index contributed by atoms with van der Waals surface area (Å²) in [4.78, 5) is 21.4. The molecule has 1 atom stereocenters. The van der Waals surface area contributed by atoms with Crippen LogP contribution in [0.5, 0.6) is 0 Å². The summed E-state index contributed by atoms with van der Waals surface area (Å²) < 4.78 is 0. The molecule has 22 heavy (non-hydrogen) atoms. The van der Waals surface area contributed by atoms with Gasteiger partial charge in [0.1, 0.15) is 0 Å². The van der Waals surface area contributed by atoms with Crippen molar-refractivity contribution >= 4 is 28.7 Å². The molecule has 0 saturated carbocycles. The minimum atomic E-state index is 0.228. The quantitative estimate of drug-likeness (QED) is 0.840. The highest BCUT2D eigenvalue weighted by molar-refractivity contribution is 8.14. The highest BCUT2D eigenvalue weighted by Gasteiger charge is 2.36. The number of rotatable bonds is 2. The molecule has 1 unspecified atom stereocenters. The minimum Gasteiger partial charge on any atom is -0.294 e. The Balaban J connectivity index is 1.77. The van der Waals surface area contributed by atoms with Crippen LogP contribution in [0.25, 0.3) is 6.08 Å². The number of aliphatic imine (C=N–C) groups is 1. The molecule has 2 heterocycles. The van der Waals surface area contributed by atoms with E-state index >= 15 is 0 Å². The maximum Gasteiger partial charge on any atom is 0.167 e. The Morgan fingerprint density at radius 3 is 3.05 bits per heavy atom. The summed E-state index contributed by atoms with van der Waals surface area (Å²) in [5, 5.41) is 1.19. The van der Waals surface area contributed by atoms with Gasteiger partial charge in [-0.05, 0) is 35.8 Å². The van der Waals surface area contributed by atoms with Crippen molar-refractivity contribution in [1.29, 1.82) is 0 Å². The third-order valence-corrected chi connectivity index (χ3v) is 5.30. The number of ketones is 1. The van der Waals surface area contributed by atoms with Gasteiger partial charge in [0.05, 0.1) is 10.7 Å². The summed E-state index contributed by atoms with van der Waals surface area (Å²) in [5.41, 5.74) is 4.09. The Hall–Kier alpha value is -1.94. The Morgan fingerprint density at radius 2 is 2.27 bits per heavy atom. The molecule has 4 rings (SSSR count). The van der Waals surface area contributed by atoms with Crippen LogP contribution < -0.4 is 0 Å². The van der Waals surface area contributed by atoms with Gasteiger partial charge in [-0.3, -0.25) is 14.8 Å². The molecular formula is C18H16N2OS. The van der Waals surface area contributed by atoms with Crippen LogP contribution in [0.4, 0.5) is 0 Å². The molecule has 4 heteroatoms. The number of aromatic nitrogens is 1. The zero-order valence-corrected chi connectivity index (χ0v) is 13.0. The third kappa shape index (κ3) is 2.37. The van der Waals surface area contributed by atoms with Gasteiger partial charge in [-0.15, -0.1) is 11.8 Å². The van der Waals surface area contributed by atoms with Crippen molar-refractivity contribution in [3.8, 4) is 0 Å². The number of pyridine rings is 1. The molecule has 0 fully saturated rings. The average molecular weight is 308 g/mol. The van der Waals surface area contributed by atoms with E-state index in [0.29, 0.717) is 6.42 Å². The van der Waals surface area contributed by atoms with Gasteiger partial charge < -0.3 is 0 Å². The van der Waals surface area contributed by atoms with Crippen LogP contribution in [0.15, 0.2) is 58.3 Å². The molecule has 0 aromatic carbocycles. The second-order valence-corrected chi connectivity index (χ2v) is 6.72. The lowest BCUT2D eigenvalue weighted by Gasteiger charge is -2.13. The van der Waals surface area contributed by atoms with E-state index in [2.05, 4.69) is 22.1 Å². The van der Waals surface area contributed by atoms with Crippen LogP contribution >= 0.6 is 11.8 Å². The first-order valence-electron chi connectivity index (χ1n) is 7.56. The molecule has 110 valence electrons. The summed E-state index contributed by atoms with van der Waals surface area (Å²) >= 11 is 1.83. The van der Waals surface area contributed by atoms with E-state index in [9.17, 15) is 4.79 Å². The fraction of sp³-hybridized carbons (Fsp3) is 0.278. The lowest BCUT2D eigenvalue weighted by molar-refractivity contribution is -0.114. The van der Waals surface area contributed by atoms with Crippen molar-refractivity contribution in [2.75, 3.05) is 12.3 Å². The van der Waals surface area contributed by atoms with Crippen molar-refractivity contribution in [1.82, 2.24) is 4.98 Å². The fourth-order valence-corrected chi connectivity index (χ4v) is 4.27. The van der Waals surface area contributed by atoms with E-state index in [-0.39, 0.29) is 11.7 Å². The molecule has 0 bridgehead atoms. The van der Waals surface area contributed by atoms with Gasteiger partial charge in [-0.25, -0.2) is 0 Å². The number of thioether (sulfide) groups is 1. The third-order valence-electron chi connectivity index (χ3n) is 4.21. The number of hydrogen-bond acceptors (Lipinski definition) is 4. The maximum atomic E-state index is 12.4. The van der Waals surface area contributed by atoms with E-state index in [1.165, 1.54) is 5.04 Å². The molecule has 3 aliphatic rings. The van der Waals surface area contributed by atoms with Gasteiger partial charge in [0.25, 0.3) is 0 Å². The standard InChI is InChI=1S/C18H16N2OS/c21-16-6-3-5-14-15(18-20-8-9-22-18)11-12(17(14)16)10-13-4-1-2-7-19-13/h1-5,7,10,15H,6,8-9,11H2. The largest absolute Gasteiger partial charge is 0.294 e. The van der Waals surface area contributed by atoms with Gasteiger partial charge in [-0.1, -0.05) is 18.2 Å². The normalized spacial score (nSPS) is 25.8. The Morgan fingerprint density at radius 1 is 1.32 bits per heavy atom. The van der Waals surface area contributed by atoms with Gasteiger partial charge in [0.15, 0.2) is 5.78 Å². The molecule has 2 aliphatic carbocycles. The Bertz CT molecular complexity index is 744. The van der Waals surface area contributed by atoms with Crippen LogP contribution in [0.1, 0.15) is 18.5 Å². The van der Waals surface area contributed by atoms with Gasteiger partial charge >= 0.3 is 0 Å². The highest BCUT2D eigenvalue weighted by atomic mass is 32.2. The predicted molar refractivity (Wildman–Crippen MR) is 90.9 cm³/mol. The van der Waals surface area contributed by atoms with Gasteiger partial charge in [0, 0.05) is 36.4 Å². The van der Waals surface area contributed by atoms with E-state index < -0.39 is 0 Å². The number of carbonyl (C=O) groups excluding carboxylic acids is 1. The van der Waals surface area contributed by atoms with Crippen molar-refractivity contribution < 1.29 is 4.79 Å². The van der Waals surface area contributed by atoms with E-state index in [1.54, 1.807) is 6.20 Å². The monoisotopic (exact) mass is 308 g/mol. The lowest BCUT2D eigenvalue weighted by Crippen LogP contribution is -2.11. The van der Waals surface area contributed by atoms with Crippen molar-refractivity contribution in [3.63, 3.8) is 0 Å². The second-order valence-electron chi connectivity index (χ2n) is 5.61. The number of nitrogens with zero attached hydrogens (tertiary/aromatic N) is 2. The van der Waals surface area contributed by atoms with Crippen LogP contribution in [-0.2, 0) is 4.79 Å². The number of Topliss-reactive ketones (excluding diaryl/α,β-unsaturated/α-hetero) is 1. The van der Waals surface area contributed by atoms with Crippen molar-refractivity contribution in [2.24, 2.45) is 10.9 Å². The first-order chi connectivity index (χ1) is 10.8. The number of carbonyl (C=O) groups is 1. The predicted octanol–water partition coefficient (Wildman–Crippen LogP) is 3.46. The van der Waals surface area contributed by atoms with E-state index in [0.717, 1.165) is 41.1 Å². The second kappa shape index (κ2) is 5.69. The summed E-state index contributed by atoms with van der Waals surface area (Å²) in [7, 11) is 0. The molecule has 0 radical (unpaired) electrons. The molecule has 0 saturated heterocycles. The fourth-order valence-electron chi connectivity index (χ4n) is 3.28. The molecule has 0 N–H and O–H groups in total. The van der Waals surface area contributed by atoms with Gasteiger partial charge in [0.2, 0.25) is 0 Å². The summed E-state index contributed by atoms with van der Waals surface area (Å²) in [6, 6.07) is 5.86. The molecule has 1 aliphatic heterocycles. The van der Waals surface area contributed by atoms with E-state index in [4.69, 9.17) is 0 Å². The SMILES string of the molecule is O=C1CC=CC2=C1C(=Cc1ccccn1)CC2C1=NCCS1. The Kier molecular flexibility index (Phi) is 3.54. The van der Waals surface area contributed by atoms with Gasteiger partial charge in [-0.2, -0.15) is 0 Å². The minimum absolute atomic E-state index is 0.228. The summed E-state index contributed by atoms with van der Waals surface area (Å²) in [5.74, 6) is 1.55. The topological polar surface area (TPSA) is 42.3 Å². The number of hydrogen-bond donors (Lipinski definition) is 0. The Labute approximate surface area is 133 Å². The van der Waals surface area contributed by atoms with Crippen molar-refractivity contribution in [2.45, 2.75) is 12.8 Å². The number of allylic oxidation sites excluding steroid dienone is 5. The zero-order chi connectivity index (χ0) is 14.9. The highest BCUT2D eigenvalue weighted by Crippen LogP contribution is 2.44. The molecule has 0 spiro atoms. The van der Waals surface area contributed by atoms with Crippen LogP contribution in [0.3, 0.4) is 0 Å². The summed E-state index contributed by atoms with van der Waals surface area (Å²) in [6.45, 7) is 0.899. The van der Waals surface area contributed by atoms with Crippen LogP contribution in [0, 0.1) is 5.92 Å². The first-order valence-corrected chi connectivity index (χ1v) is 8.54. The lowest BCUT2D eigenvalue weighted by atomic mass is 9.94. The maximum absolute atomic E-state index is 12.4. The molecule has 1 aromatic heterocycles. The van der Waals surface area contributed by atoms with Crippen LogP contribution in [-0.4, -0.2) is 28.1 Å². The molecule has 0 amide bonds. The van der Waals surface area contributed by atoms with Crippen LogP contribution in [0.2, 0.25) is 0 Å². The zero-order valence-electron chi connectivity index (χ0n) is 12.2. The summed E-state index contributed by atoms with van der Waals surface area (Å²) in [6.07, 6.45) is 9.33.